The minimum absolute atomic E-state index is 0.0356. The molecule has 20 heavy (non-hydrogen) atoms. The van der Waals surface area contributed by atoms with Crippen LogP contribution in [0.2, 0.25) is 0 Å². The van der Waals surface area contributed by atoms with Crippen molar-refractivity contribution in [2.45, 2.75) is 60.2 Å². The van der Waals surface area contributed by atoms with E-state index in [2.05, 4.69) is 57.3 Å². The summed E-state index contributed by atoms with van der Waals surface area (Å²) in [4.78, 5) is 12.8. The van der Waals surface area contributed by atoms with E-state index in [0.29, 0.717) is 5.92 Å². The summed E-state index contributed by atoms with van der Waals surface area (Å²) >= 11 is 1.15. The van der Waals surface area contributed by atoms with Gasteiger partial charge in [-0.1, -0.05) is 0 Å². The van der Waals surface area contributed by atoms with Gasteiger partial charge < -0.3 is 0 Å². The van der Waals surface area contributed by atoms with Gasteiger partial charge in [0.1, 0.15) is 0 Å². The fraction of sp³-hybridized carbons (Fsp3) is 0.929. The van der Waals surface area contributed by atoms with Gasteiger partial charge in [-0.25, -0.2) is 0 Å². The number of hydrogen-bond acceptors (Lipinski definition) is 4. The summed E-state index contributed by atoms with van der Waals surface area (Å²) in [6, 6.07) is 0. The Morgan fingerprint density at radius 2 is 1.90 bits per heavy atom. The first-order valence-electron chi connectivity index (χ1n) is 7.21. The topological polar surface area (TPSA) is 70.2 Å². The standard InChI is InChI=1S/C14H22I2N2O2/c1-10(2)8-6-7-11(10,3)13(8,5)20-9(19)12(4,15)14-16(17-14)18-14/h8,17-18H,6-7H2,1-5H3. The molecule has 3 saturated carbocycles. The molecule has 4 nitrogen and oxygen atoms in total. The molecular formula is C14H22I2N2O2. The number of carbonyl (C=O) groups is 1. The first kappa shape index (κ1) is 14.4. The Bertz CT molecular complexity index is 529. The second-order valence-corrected chi connectivity index (χ2v) is 14.2. The van der Waals surface area contributed by atoms with Gasteiger partial charge in [0.05, 0.1) is 0 Å². The van der Waals surface area contributed by atoms with Crippen molar-refractivity contribution in [3.63, 3.8) is 0 Å². The van der Waals surface area contributed by atoms with Gasteiger partial charge in [0.25, 0.3) is 0 Å². The van der Waals surface area contributed by atoms with Gasteiger partial charge in [-0.05, 0) is 0 Å². The van der Waals surface area contributed by atoms with Crippen LogP contribution in [0.5, 0.6) is 0 Å². The number of carbonyl (C=O) groups excluding carboxylic acids is 1. The molecule has 0 aromatic heterocycles. The number of fused-ring (bicyclic) bond motifs is 2. The summed E-state index contributed by atoms with van der Waals surface area (Å²) in [7, 11) is 0. The predicted molar refractivity (Wildman–Crippen MR) is 94.6 cm³/mol. The summed E-state index contributed by atoms with van der Waals surface area (Å²) < 4.78 is 12.6. The van der Waals surface area contributed by atoms with Crippen LogP contribution in [-0.4, -0.2) is 18.7 Å². The second kappa shape index (κ2) is 3.51. The first-order valence-corrected chi connectivity index (χ1v) is 11.5. The third-order valence-corrected chi connectivity index (χ3v) is 14.1. The zero-order valence-corrected chi connectivity index (χ0v) is 16.9. The molecular weight excluding hydrogens is 482 g/mol. The van der Waals surface area contributed by atoms with Crippen molar-refractivity contribution in [2.75, 3.05) is 0 Å². The fourth-order valence-electron chi connectivity index (χ4n) is 4.85. The van der Waals surface area contributed by atoms with E-state index in [4.69, 9.17) is 4.74 Å². The Balaban J connectivity index is 1.57. The number of esters is 1. The molecule has 2 bridgehead atoms. The molecule has 5 aliphatic rings. The van der Waals surface area contributed by atoms with Crippen molar-refractivity contribution < 1.29 is 9.53 Å². The van der Waals surface area contributed by atoms with Gasteiger partial charge in [-0.15, -0.1) is 0 Å². The van der Waals surface area contributed by atoms with Crippen molar-refractivity contribution >= 4 is 48.9 Å². The van der Waals surface area contributed by atoms with Crippen LogP contribution in [0.4, 0.5) is 0 Å². The van der Waals surface area contributed by atoms with Gasteiger partial charge in [0.2, 0.25) is 0 Å². The molecule has 5 rings (SSSR count). The van der Waals surface area contributed by atoms with Gasteiger partial charge in [0, 0.05) is 0 Å². The summed E-state index contributed by atoms with van der Waals surface area (Å²) in [5.74, 6) is 0.467. The number of halogens is 2. The molecule has 2 N–H and O–H groups in total. The Hall–Kier alpha value is 0.850. The Labute approximate surface area is 141 Å². The van der Waals surface area contributed by atoms with Crippen LogP contribution in [-0.2, 0) is 9.53 Å². The Morgan fingerprint density at radius 3 is 2.25 bits per heavy atom. The number of nitrogens with one attached hydrogen (secondary N) is 2. The van der Waals surface area contributed by atoms with Gasteiger partial charge in [-0.2, -0.15) is 0 Å². The van der Waals surface area contributed by atoms with Crippen LogP contribution in [0.15, 0.2) is 0 Å². The van der Waals surface area contributed by atoms with E-state index in [0.717, 1.165) is 0 Å². The van der Waals surface area contributed by atoms with Crippen LogP contribution >= 0.6 is 43.0 Å². The molecule has 2 saturated heterocycles. The van der Waals surface area contributed by atoms with Crippen molar-refractivity contribution in [3.8, 4) is 0 Å². The molecule has 4 atom stereocenters. The van der Waals surface area contributed by atoms with Crippen molar-refractivity contribution in [2.24, 2.45) is 16.7 Å². The van der Waals surface area contributed by atoms with Gasteiger partial charge in [0.15, 0.2) is 0 Å². The molecule has 2 heterocycles. The van der Waals surface area contributed by atoms with Crippen LogP contribution < -0.4 is 7.06 Å². The van der Waals surface area contributed by atoms with Crippen LogP contribution in [0.3, 0.4) is 0 Å². The number of ether oxygens (including phenoxy) is 1. The number of rotatable bonds is 3. The molecule has 6 heteroatoms. The molecule has 5 fully saturated rings. The van der Waals surface area contributed by atoms with E-state index in [9.17, 15) is 4.79 Å². The molecule has 0 aromatic carbocycles. The van der Waals surface area contributed by atoms with Crippen molar-refractivity contribution in [1.29, 1.82) is 0 Å². The predicted octanol–water partition coefficient (Wildman–Crippen LogP) is 3.13. The molecule has 114 valence electrons. The summed E-state index contributed by atoms with van der Waals surface area (Å²) in [5, 5.41) is 0. The molecule has 0 spiro atoms. The molecule has 0 radical (unpaired) electrons. The van der Waals surface area contributed by atoms with E-state index in [1.807, 2.05) is 6.92 Å². The van der Waals surface area contributed by atoms with E-state index < -0.39 is 23.8 Å². The normalized spacial score (nSPS) is 49.7. The molecule has 0 aromatic rings. The zero-order chi connectivity index (χ0) is 14.8. The molecule has 4 unspecified atom stereocenters. The Morgan fingerprint density at radius 1 is 1.35 bits per heavy atom. The molecule has 2 aliphatic heterocycles. The van der Waals surface area contributed by atoms with Crippen LogP contribution in [0, 0.1) is 16.7 Å². The van der Waals surface area contributed by atoms with E-state index in [1.54, 1.807) is 0 Å². The van der Waals surface area contributed by atoms with Gasteiger partial charge >= 0.3 is 142 Å². The third-order valence-electron chi connectivity index (χ3n) is 6.98. The summed E-state index contributed by atoms with van der Waals surface area (Å²) in [5.41, 5.74) is 0.131. The average molecular weight is 504 g/mol. The summed E-state index contributed by atoms with van der Waals surface area (Å²) in [6.45, 7) is 11.1. The molecule has 3 aliphatic carbocycles. The monoisotopic (exact) mass is 504 g/mol. The third kappa shape index (κ3) is 1.27. The van der Waals surface area contributed by atoms with E-state index in [-0.39, 0.29) is 26.1 Å². The van der Waals surface area contributed by atoms with Crippen LogP contribution in [0.25, 0.3) is 0 Å². The average Bonchev–Trinajstić information content (AvgIpc) is 3.12. The maximum absolute atomic E-state index is 12.8. The van der Waals surface area contributed by atoms with Crippen LogP contribution in [0.1, 0.15) is 47.5 Å². The quantitative estimate of drug-likeness (QED) is 0.155. The van der Waals surface area contributed by atoms with E-state index >= 15 is 0 Å². The van der Waals surface area contributed by atoms with E-state index in [1.165, 1.54) is 12.8 Å². The maximum atomic E-state index is 12.8. The summed E-state index contributed by atoms with van der Waals surface area (Å²) in [6.07, 6.45) is 2.36. The van der Waals surface area contributed by atoms with Crippen molar-refractivity contribution in [3.05, 3.63) is 0 Å². The molecule has 0 amide bonds. The number of alkyl halides is 2. The first-order chi connectivity index (χ1) is 9.03. The zero-order valence-electron chi connectivity index (χ0n) is 12.6. The van der Waals surface area contributed by atoms with Gasteiger partial charge in [-0.3, -0.25) is 0 Å². The second-order valence-electron chi connectivity index (χ2n) is 7.78. The SMILES string of the molecule is CC(I)(C(=O)OC1(C)C2CCC1(C)C2(C)C)C12NI1N2. The fourth-order valence-corrected chi connectivity index (χ4v) is 12.6. The number of hydrogen-bond donors (Lipinski definition) is 2. The Kier molecular flexibility index (Phi) is 2.53. The minimum atomic E-state index is -1.13. The van der Waals surface area contributed by atoms with Crippen molar-refractivity contribution in [1.82, 2.24) is 7.06 Å².